The normalized spacial score (nSPS) is 14.1. The Balaban J connectivity index is 1.90. The molecule has 0 fully saturated rings. The summed E-state index contributed by atoms with van der Waals surface area (Å²) in [6, 6.07) is 20.8. The van der Waals surface area contributed by atoms with Gasteiger partial charge in [0.15, 0.2) is 0 Å². The average Bonchev–Trinajstić information content (AvgIpc) is 2.49. The zero-order valence-corrected chi connectivity index (χ0v) is 12.9. The van der Waals surface area contributed by atoms with Crippen molar-refractivity contribution in [3.05, 3.63) is 71.8 Å². The van der Waals surface area contributed by atoms with E-state index in [9.17, 15) is 5.11 Å². The number of aliphatic hydroxyl groups excluding tert-OH is 1. The van der Waals surface area contributed by atoms with Crippen LogP contribution in [0.25, 0.3) is 0 Å². The van der Waals surface area contributed by atoms with Crippen LogP contribution in [0.2, 0.25) is 0 Å². The van der Waals surface area contributed by atoms with Gasteiger partial charge in [-0.25, -0.2) is 0 Å². The Hall–Kier alpha value is -1.64. The van der Waals surface area contributed by atoms with E-state index in [-0.39, 0.29) is 12.1 Å². The van der Waals surface area contributed by atoms with Crippen LogP contribution in [0.5, 0.6) is 0 Å². The van der Waals surface area contributed by atoms with E-state index in [0.29, 0.717) is 18.9 Å². The molecule has 2 N–H and O–H groups in total. The number of nitrogens with one attached hydrogen (secondary N) is 1. The molecule has 112 valence electrons. The molecule has 0 radical (unpaired) electrons. The smallest absolute Gasteiger partial charge is 0.0705 e. The zero-order valence-electron chi connectivity index (χ0n) is 12.9. The topological polar surface area (TPSA) is 32.3 Å². The minimum absolute atomic E-state index is 0.275. The molecule has 2 unspecified atom stereocenters. The van der Waals surface area contributed by atoms with Crippen LogP contribution in [-0.4, -0.2) is 17.8 Å². The number of rotatable bonds is 7. The molecule has 2 rings (SSSR count). The number of benzene rings is 2. The second-order valence-corrected chi connectivity index (χ2v) is 5.88. The maximum atomic E-state index is 10.2. The molecule has 0 amide bonds. The molecule has 2 heteroatoms. The first-order valence-corrected chi connectivity index (χ1v) is 7.67. The minimum Gasteiger partial charge on any atom is -0.391 e. The summed E-state index contributed by atoms with van der Waals surface area (Å²) in [6.07, 6.45) is 0.324. The van der Waals surface area contributed by atoms with Crippen LogP contribution in [0.3, 0.4) is 0 Å². The van der Waals surface area contributed by atoms with Crippen molar-refractivity contribution in [3.63, 3.8) is 0 Å². The fourth-order valence-electron chi connectivity index (χ4n) is 2.62. The second kappa shape index (κ2) is 7.96. The van der Waals surface area contributed by atoms with Gasteiger partial charge in [0, 0.05) is 12.6 Å². The number of aliphatic hydroxyl groups is 1. The summed E-state index contributed by atoms with van der Waals surface area (Å²) in [7, 11) is 0. The first-order chi connectivity index (χ1) is 10.2. The molecule has 0 heterocycles. The largest absolute Gasteiger partial charge is 0.391 e. The Labute approximate surface area is 127 Å². The van der Waals surface area contributed by atoms with Crippen LogP contribution in [-0.2, 0) is 6.42 Å². The third-order valence-corrected chi connectivity index (χ3v) is 3.71. The van der Waals surface area contributed by atoms with Crippen molar-refractivity contribution in [2.45, 2.75) is 32.4 Å². The Morgan fingerprint density at radius 2 is 1.48 bits per heavy atom. The molecule has 0 aliphatic rings. The molecule has 2 aromatic carbocycles. The van der Waals surface area contributed by atoms with Gasteiger partial charge < -0.3 is 10.4 Å². The van der Waals surface area contributed by atoms with Gasteiger partial charge >= 0.3 is 0 Å². The van der Waals surface area contributed by atoms with Gasteiger partial charge in [-0.15, -0.1) is 0 Å². The van der Waals surface area contributed by atoms with Crippen molar-refractivity contribution in [3.8, 4) is 0 Å². The summed E-state index contributed by atoms with van der Waals surface area (Å²) in [6.45, 7) is 5.01. The summed E-state index contributed by atoms with van der Waals surface area (Å²) in [5.74, 6) is 0.483. The third-order valence-electron chi connectivity index (χ3n) is 3.71. The van der Waals surface area contributed by atoms with Gasteiger partial charge in [-0.05, 0) is 23.5 Å². The van der Waals surface area contributed by atoms with Gasteiger partial charge in [-0.2, -0.15) is 0 Å². The van der Waals surface area contributed by atoms with E-state index in [1.54, 1.807) is 0 Å². The van der Waals surface area contributed by atoms with E-state index in [2.05, 4.69) is 55.6 Å². The van der Waals surface area contributed by atoms with E-state index < -0.39 is 0 Å². The molecule has 0 aliphatic carbocycles. The lowest BCUT2D eigenvalue weighted by molar-refractivity contribution is 0.163. The molecule has 2 nitrogen and oxygen atoms in total. The molecular formula is C19H25NO. The Bertz CT molecular complexity index is 510. The molecule has 0 saturated carbocycles. The standard InChI is InChI=1S/C19H25NO/c1-15(2)19(17-11-7-4-8-12-17)20-14-18(21)13-16-9-5-3-6-10-16/h3-12,15,18-21H,13-14H2,1-2H3. The Morgan fingerprint density at radius 1 is 0.905 bits per heavy atom. The molecule has 21 heavy (non-hydrogen) atoms. The molecule has 0 aliphatic heterocycles. The maximum Gasteiger partial charge on any atom is 0.0705 e. The summed E-state index contributed by atoms with van der Waals surface area (Å²) in [4.78, 5) is 0. The van der Waals surface area contributed by atoms with E-state index in [1.807, 2.05) is 24.3 Å². The summed E-state index contributed by atoms with van der Waals surface area (Å²) in [5, 5.41) is 13.7. The van der Waals surface area contributed by atoms with Crippen molar-refractivity contribution < 1.29 is 5.11 Å². The van der Waals surface area contributed by atoms with Crippen molar-refractivity contribution in [1.29, 1.82) is 0 Å². The predicted molar refractivity (Wildman–Crippen MR) is 88.2 cm³/mol. The fourth-order valence-corrected chi connectivity index (χ4v) is 2.62. The summed E-state index contributed by atoms with van der Waals surface area (Å²) < 4.78 is 0. The highest BCUT2D eigenvalue weighted by Gasteiger charge is 2.16. The van der Waals surface area contributed by atoms with Crippen molar-refractivity contribution in [2.75, 3.05) is 6.54 Å². The predicted octanol–water partition coefficient (Wildman–Crippen LogP) is 3.58. The van der Waals surface area contributed by atoms with Gasteiger partial charge in [0.25, 0.3) is 0 Å². The van der Waals surface area contributed by atoms with Crippen molar-refractivity contribution in [2.24, 2.45) is 5.92 Å². The third kappa shape index (κ3) is 5.00. The fraction of sp³-hybridized carbons (Fsp3) is 0.368. The highest BCUT2D eigenvalue weighted by Crippen LogP contribution is 2.21. The number of hydrogen-bond acceptors (Lipinski definition) is 2. The second-order valence-electron chi connectivity index (χ2n) is 5.88. The Kier molecular flexibility index (Phi) is 5.97. The van der Waals surface area contributed by atoms with Crippen LogP contribution >= 0.6 is 0 Å². The quantitative estimate of drug-likeness (QED) is 0.814. The first kappa shape index (κ1) is 15.7. The summed E-state index contributed by atoms with van der Waals surface area (Å²) >= 11 is 0. The Morgan fingerprint density at radius 3 is 2.05 bits per heavy atom. The van der Waals surface area contributed by atoms with Gasteiger partial charge in [0.05, 0.1) is 6.10 Å². The van der Waals surface area contributed by atoms with Crippen LogP contribution in [0.1, 0.15) is 31.0 Å². The van der Waals surface area contributed by atoms with Crippen molar-refractivity contribution in [1.82, 2.24) is 5.32 Å². The molecule has 0 saturated heterocycles. The lowest BCUT2D eigenvalue weighted by Crippen LogP contribution is -2.34. The molecule has 0 bridgehead atoms. The van der Waals surface area contributed by atoms with E-state index in [0.717, 1.165) is 0 Å². The molecule has 0 aromatic heterocycles. The average molecular weight is 283 g/mol. The number of hydrogen-bond donors (Lipinski definition) is 2. The maximum absolute atomic E-state index is 10.2. The monoisotopic (exact) mass is 283 g/mol. The molecular weight excluding hydrogens is 258 g/mol. The van der Waals surface area contributed by atoms with Gasteiger partial charge in [-0.1, -0.05) is 74.5 Å². The van der Waals surface area contributed by atoms with E-state index in [1.165, 1.54) is 11.1 Å². The van der Waals surface area contributed by atoms with E-state index >= 15 is 0 Å². The van der Waals surface area contributed by atoms with Crippen LogP contribution in [0.15, 0.2) is 60.7 Å². The van der Waals surface area contributed by atoms with Crippen LogP contribution in [0, 0.1) is 5.92 Å². The van der Waals surface area contributed by atoms with Crippen LogP contribution < -0.4 is 5.32 Å². The van der Waals surface area contributed by atoms with Crippen LogP contribution in [0.4, 0.5) is 0 Å². The molecule has 2 aromatic rings. The SMILES string of the molecule is CC(C)C(NCC(O)Cc1ccccc1)c1ccccc1. The highest BCUT2D eigenvalue weighted by atomic mass is 16.3. The minimum atomic E-state index is -0.364. The van der Waals surface area contributed by atoms with Crippen molar-refractivity contribution >= 4 is 0 Å². The zero-order chi connectivity index (χ0) is 15.1. The van der Waals surface area contributed by atoms with Gasteiger partial charge in [-0.3, -0.25) is 0 Å². The summed E-state index contributed by atoms with van der Waals surface area (Å²) in [5.41, 5.74) is 2.45. The molecule has 0 spiro atoms. The highest BCUT2D eigenvalue weighted by molar-refractivity contribution is 5.19. The first-order valence-electron chi connectivity index (χ1n) is 7.67. The lowest BCUT2D eigenvalue weighted by atomic mass is 9.95. The molecule has 2 atom stereocenters. The van der Waals surface area contributed by atoms with Gasteiger partial charge in [0.2, 0.25) is 0 Å². The van der Waals surface area contributed by atoms with E-state index in [4.69, 9.17) is 0 Å². The van der Waals surface area contributed by atoms with Gasteiger partial charge in [0.1, 0.15) is 0 Å². The lowest BCUT2D eigenvalue weighted by Gasteiger charge is -2.24.